The van der Waals surface area contributed by atoms with Crippen LogP contribution in [0.4, 0.5) is 17.6 Å². The summed E-state index contributed by atoms with van der Waals surface area (Å²) < 4.78 is 0. The van der Waals surface area contributed by atoms with Gasteiger partial charge in [0, 0.05) is 35.6 Å². The monoisotopic (exact) mass is 373 g/mol. The highest BCUT2D eigenvalue weighted by Gasteiger charge is 2.35. The fourth-order valence-electron chi connectivity index (χ4n) is 3.25. The summed E-state index contributed by atoms with van der Waals surface area (Å²) >= 11 is 0. The Kier molecular flexibility index (Phi) is 4.37. The molecule has 0 amide bonds. The van der Waals surface area contributed by atoms with Crippen LogP contribution in [0.1, 0.15) is 23.7 Å². The third-order valence-electron chi connectivity index (χ3n) is 4.88. The molecule has 0 bridgehead atoms. The Morgan fingerprint density at radius 1 is 1.21 bits per heavy atom. The van der Waals surface area contributed by atoms with E-state index in [-0.39, 0.29) is 6.61 Å². The molecule has 8 nitrogen and oxygen atoms in total. The van der Waals surface area contributed by atoms with Gasteiger partial charge in [-0.05, 0) is 36.8 Å². The summed E-state index contributed by atoms with van der Waals surface area (Å²) in [6.45, 7) is 4.42. The van der Waals surface area contributed by atoms with E-state index >= 15 is 0 Å². The van der Waals surface area contributed by atoms with E-state index in [0.717, 1.165) is 22.5 Å². The van der Waals surface area contributed by atoms with Gasteiger partial charge >= 0.3 is 0 Å². The molecule has 0 saturated carbocycles. The SMILES string of the molecule is Cc1ccnc(Nc2nccc(-c3cc(C#N)c4c(c3)C(C)(CO)CN4)n2)n1. The first kappa shape index (κ1) is 17.8. The zero-order valence-electron chi connectivity index (χ0n) is 15.6. The van der Waals surface area contributed by atoms with Crippen LogP contribution in [0.3, 0.4) is 0 Å². The number of aliphatic hydroxyl groups is 1. The molecule has 0 fully saturated rings. The minimum atomic E-state index is -0.444. The zero-order valence-corrected chi connectivity index (χ0v) is 15.6. The number of nitrogens with zero attached hydrogens (tertiary/aromatic N) is 5. The van der Waals surface area contributed by atoms with E-state index in [1.54, 1.807) is 24.5 Å². The molecule has 0 radical (unpaired) electrons. The number of anilines is 3. The van der Waals surface area contributed by atoms with Gasteiger partial charge in [-0.1, -0.05) is 6.92 Å². The van der Waals surface area contributed by atoms with Gasteiger partial charge in [-0.2, -0.15) is 5.26 Å². The molecule has 0 saturated heterocycles. The van der Waals surface area contributed by atoms with Gasteiger partial charge in [-0.25, -0.2) is 19.9 Å². The first-order valence-corrected chi connectivity index (χ1v) is 8.86. The lowest BCUT2D eigenvalue weighted by molar-refractivity contribution is 0.219. The van der Waals surface area contributed by atoms with Crippen molar-refractivity contribution in [1.29, 1.82) is 5.26 Å². The molecule has 1 unspecified atom stereocenters. The van der Waals surface area contributed by atoms with Crippen LogP contribution in [0, 0.1) is 18.3 Å². The minimum absolute atomic E-state index is 0.0113. The summed E-state index contributed by atoms with van der Waals surface area (Å²) in [6, 6.07) is 9.60. The largest absolute Gasteiger partial charge is 0.395 e. The van der Waals surface area contributed by atoms with Crippen molar-refractivity contribution in [2.24, 2.45) is 0 Å². The van der Waals surface area contributed by atoms with Crippen molar-refractivity contribution < 1.29 is 5.11 Å². The molecule has 0 spiro atoms. The standard InChI is InChI=1S/C20H19N7O/c1-12-3-5-22-18(25-12)27-19-23-6-4-16(26-19)13-7-14(9-21)17-15(8-13)20(2,11-28)10-24-17/h3-8,24,28H,10-11H2,1-2H3,(H,22,23,25,26,27). The molecule has 1 atom stereocenters. The number of aliphatic hydroxyl groups excluding tert-OH is 1. The van der Waals surface area contributed by atoms with Crippen LogP contribution in [0.2, 0.25) is 0 Å². The molecule has 4 rings (SSSR count). The van der Waals surface area contributed by atoms with Crippen LogP contribution in [-0.4, -0.2) is 38.2 Å². The van der Waals surface area contributed by atoms with E-state index in [1.165, 1.54) is 0 Å². The second-order valence-corrected chi connectivity index (χ2v) is 7.04. The van der Waals surface area contributed by atoms with Crippen molar-refractivity contribution in [3.63, 3.8) is 0 Å². The predicted molar refractivity (Wildman–Crippen MR) is 105 cm³/mol. The van der Waals surface area contributed by atoms with Gasteiger partial charge in [-0.15, -0.1) is 0 Å². The molecule has 1 aliphatic rings. The summed E-state index contributed by atoms with van der Waals surface area (Å²) in [4.78, 5) is 17.2. The Morgan fingerprint density at radius 3 is 2.68 bits per heavy atom. The van der Waals surface area contributed by atoms with Gasteiger partial charge in [0.2, 0.25) is 11.9 Å². The molecule has 3 heterocycles. The van der Waals surface area contributed by atoms with Crippen molar-refractivity contribution in [1.82, 2.24) is 19.9 Å². The predicted octanol–water partition coefficient (Wildman–Crippen LogP) is 2.53. The van der Waals surface area contributed by atoms with E-state index in [0.29, 0.717) is 29.7 Å². The number of hydrogen-bond acceptors (Lipinski definition) is 8. The fraction of sp³-hybridized carbons (Fsp3) is 0.250. The summed E-state index contributed by atoms with van der Waals surface area (Å²) in [6.07, 6.45) is 3.31. The number of hydrogen-bond donors (Lipinski definition) is 3. The van der Waals surface area contributed by atoms with Crippen LogP contribution in [0.25, 0.3) is 11.3 Å². The summed E-state index contributed by atoms with van der Waals surface area (Å²) in [7, 11) is 0. The quantitative estimate of drug-likeness (QED) is 0.638. The topological polar surface area (TPSA) is 120 Å². The van der Waals surface area contributed by atoms with Gasteiger partial charge in [0.15, 0.2) is 0 Å². The Balaban J connectivity index is 1.74. The summed E-state index contributed by atoms with van der Waals surface area (Å²) in [5, 5.41) is 25.7. The lowest BCUT2D eigenvalue weighted by Gasteiger charge is -2.21. The normalized spacial score (nSPS) is 17.5. The lowest BCUT2D eigenvalue weighted by Crippen LogP contribution is -2.28. The average molecular weight is 373 g/mol. The van der Waals surface area contributed by atoms with Gasteiger partial charge in [0.1, 0.15) is 6.07 Å². The summed E-state index contributed by atoms with van der Waals surface area (Å²) in [5.41, 5.74) is 4.07. The Morgan fingerprint density at radius 2 is 1.96 bits per heavy atom. The Hall–Kier alpha value is -3.57. The van der Waals surface area contributed by atoms with Gasteiger partial charge in [0.25, 0.3) is 0 Å². The molecular weight excluding hydrogens is 354 g/mol. The van der Waals surface area contributed by atoms with E-state index in [9.17, 15) is 10.4 Å². The second kappa shape index (κ2) is 6.87. The number of fused-ring (bicyclic) bond motifs is 1. The maximum atomic E-state index is 9.86. The molecule has 1 aromatic carbocycles. The highest BCUT2D eigenvalue weighted by molar-refractivity contribution is 5.76. The third kappa shape index (κ3) is 3.12. The number of nitrogens with one attached hydrogen (secondary N) is 2. The van der Waals surface area contributed by atoms with E-state index in [4.69, 9.17) is 0 Å². The molecule has 2 aromatic heterocycles. The third-order valence-corrected chi connectivity index (χ3v) is 4.88. The first-order valence-electron chi connectivity index (χ1n) is 8.86. The zero-order chi connectivity index (χ0) is 19.7. The molecule has 3 aromatic rings. The van der Waals surface area contributed by atoms with E-state index in [1.807, 2.05) is 26.0 Å². The number of benzene rings is 1. The highest BCUT2D eigenvalue weighted by atomic mass is 16.3. The number of rotatable bonds is 4. The highest BCUT2D eigenvalue weighted by Crippen LogP contribution is 2.41. The van der Waals surface area contributed by atoms with Gasteiger partial charge in [0.05, 0.1) is 23.6 Å². The Labute approximate surface area is 162 Å². The van der Waals surface area contributed by atoms with Crippen molar-refractivity contribution in [3.8, 4) is 17.3 Å². The molecule has 3 N–H and O–H groups in total. The van der Waals surface area contributed by atoms with Crippen LogP contribution in [-0.2, 0) is 5.41 Å². The van der Waals surface area contributed by atoms with Crippen LogP contribution >= 0.6 is 0 Å². The maximum Gasteiger partial charge on any atom is 0.230 e. The van der Waals surface area contributed by atoms with Crippen LogP contribution in [0.5, 0.6) is 0 Å². The van der Waals surface area contributed by atoms with Gasteiger partial charge < -0.3 is 10.4 Å². The Bertz CT molecular complexity index is 1090. The minimum Gasteiger partial charge on any atom is -0.395 e. The molecule has 1 aliphatic heterocycles. The van der Waals surface area contributed by atoms with E-state index < -0.39 is 5.41 Å². The molecule has 140 valence electrons. The van der Waals surface area contributed by atoms with Crippen molar-refractivity contribution in [2.75, 3.05) is 23.8 Å². The first-order chi connectivity index (χ1) is 13.5. The van der Waals surface area contributed by atoms with Crippen LogP contribution < -0.4 is 10.6 Å². The second-order valence-electron chi connectivity index (χ2n) is 7.04. The molecular formula is C20H19N7O. The maximum absolute atomic E-state index is 9.86. The molecule has 8 heteroatoms. The average Bonchev–Trinajstić information content (AvgIpc) is 3.05. The fourth-order valence-corrected chi connectivity index (χ4v) is 3.25. The summed E-state index contributed by atoms with van der Waals surface area (Å²) in [5.74, 6) is 0.783. The van der Waals surface area contributed by atoms with Gasteiger partial charge in [-0.3, -0.25) is 5.32 Å². The number of aryl methyl sites for hydroxylation is 1. The molecule has 28 heavy (non-hydrogen) atoms. The van der Waals surface area contributed by atoms with Crippen molar-refractivity contribution in [3.05, 3.63) is 53.5 Å². The number of nitriles is 1. The van der Waals surface area contributed by atoms with Crippen molar-refractivity contribution in [2.45, 2.75) is 19.3 Å². The lowest BCUT2D eigenvalue weighted by atomic mass is 9.83. The smallest absolute Gasteiger partial charge is 0.230 e. The van der Waals surface area contributed by atoms with Crippen LogP contribution in [0.15, 0.2) is 36.7 Å². The molecule has 0 aliphatic carbocycles. The van der Waals surface area contributed by atoms with Crippen molar-refractivity contribution >= 4 is 17.6 Å². The van der Waals surface area contributed by atoms with E-state index in [2.05, 4.69) is 36.6 Å². The number of aromatic nitrogens is 4.